The molecular formula is C17H19BrN2S. The van der Waals surface area contributed by atoms with E-state index in [1.165, 1.54) is 16.7 Å². The molecule has 2 aromatic rings. The van der Waals surface area contributed by atoms with Crippen LogP contribution in [-0.2, 0) is 0 Å². The molecule has 1 atom stereocenters. The number of anilines is 1. The van der Waals surface area contributed by atoms with Gasteiger partial charge < -0.3 is 10.6 Å². The highest BCUT2D eigenvalue weighted by Gasteiger charge is 2.10. The molecule has 0 amide bonds. The maximum absolute atomic E-state index is 5.39. The SMILES string of the molecule is Cc1ccc(C)c([C@@H](C)NC(=S)Nc2ccc(Br)cc2)c1. The monoisotopic (exact) mass is 362 g/mol. The van der Waals surface area contributed by atoms with Gasteiger partial charge in [0.2, 0.25) is 0 Å². The quantitative estimate of drug-likeness (QED) is 0.741. The Morgan fingerprint density at radius 1 is 1.10 bits per heavy atom. The molecule has 2 N–H and O–H groups in total. The minimum atomic E-state index is 0.167. The molecule has 0 bridgehead atoms. The van der Waals surface area contributed by atoms with Gasteiger partial charge in [0.05, 0.1) is 6.04 Å². The largest absolute Gasteiger partial charge is 0.356 e. The van der Waals surface area contributed by atoms with Crippen molar-refractivity contribution in [3.63, 3.8) is 0 Å². The van der Waals surface area contributed by atoms with Gasteiger partial charge in [-0.3, -0.25) is 0 Å². The lowest BCUT2D eigenvalue weighted by molar-refractivity contribution is 0.716. The first-order valence-electron chi connectivity index (χ1n) is 6.86. The summed E-state index contributed by atoms with van der Waals surface area (Å²) in [4.78, 5) is 0. The maximum Gasteiger partial charge on any atom is 0.171 e. The smallest absolute Gasteiger partial charge is 0.171 e. The Hall–Kier alpha value is -1.39. The zero-order valence-corrected chi connectivity index (χ0v) is 14.8. The maximum atomic E-state index is 5.39. The molecule has 0 saturated heterocycles. The van der Waals surface area contributed by atoms with E-state index in [0.717, 1.165) is 10.2 Å². The number of benzene rings is 2. The van der Waals surface area contributed by atoms with E-state index in [-0.39, 0.29) is 6.04 Å². The molecule has 0 heterocycles. The van der Waals surface area contributed by atoms with Gasteiger partial charge in [-0.15, -0.1) is 0 Å². The Morgan fingerprint density at radius 3 is 2.43 bits per heavy atom. The predicted octanol–water partition coefficient (Wildman–Crippen LogP) is 5.11. The van der Waals surface area contributed by atoms with Gasteiger partial charge in [-0.05, 0) is 68.4 Å². The highest BCUT2D eigenvalue weighted by atomic mass is 79.9. The van der Waals surface area contributed by atoms with E-state index in [2.05, 4.69) is 65.5 Å². The molecule has 0 saturated carbocycles. The van der Waals surface area contributed by atoms with Crippen molar-refractivity contribution < 1.29 is 0 Å². The molecule has 2 aromatic carbocycles. The van der Waals surface area contributed by atoms with Gasteiger partial charge in [0, 0.05) is 10.2 Å². The number of rotatable bonds is 3. The average Bonchev–Trinajstić information content (AvgIpc) is 2.44. The lowest BCUT2D eigenvalue weighted by Crippen LogP contribution is -2.31. The van der Waals surface area contributed by atoms with Gasteiger partial charge in [-0.1, -0.05) is 39.7 Å². The first kappa shape index (κ1) is 16.0. The molecule has 0 fully saturated rings. The summed E-state index contributed by atoms with van der Waals surface area (Å²) in [6, 6.07) is 14.6. The average molecular weight is 363 g/mol. The van der Waals surface area contributed by atoms with Crippen LogP contribution < -0.4 is 10.6 Å². The fourth-order valence-electron chi connectivity index (χ4n) is 2.20. The van der Waals surface area contributed by atoms with E-state index in [0.29, 0.717) is 5.11 Å². The van der Waals surface area contributed by atoms with Crippen LogP contribution in [0.4, 0.5) is 5.69 Å². The lowest BCUT2D eigenvalue weighted by atomic mass is 10.0. The Kier molecular flexibility index (Phi) is 5.37. The van der Waals surface area contributed by atoms with Gasteiger partial charge >= 0.3 is 0 Å². The van der Waals surface area contributed by atoms with Crippen molar-refractivity contribution in [3.8, 4) is 0 Å². The van der Waals surface area contributed by atoms with Gasteiger partial charge in [0.25, 0.3) is 0 Å². The second kappa shape index (κ2) is 7.05. The number of thiocarbonyl (C=S) groups is 1. The fraction of sp³-hybridized carbons (Fsp3) is 0.235. The standard InChI is InChI=1S/C17H19BrN2S/c1-11-4-5-12(2)16(10-11)13(3)19-17(21)20-15-8-6-14(18)7-9-15/h4-10,13H,1-3H3,(H2,19,20,21)/t13-/m1/s1. The molecule has 2 rings (SSSR count). The van der Waals surface area contributed by atoms with Gasteiger partial charge in [0.1, 0.15) is 0 Å². The molecular weight excluding hydrogens is 344 g/mol. The Labute approximate surface area is 140 Å². The summed E-state index contributed by atoms with van der Waals surface area (Å²) >= 11 is 8.81. The first-order chi connectivity index (χ1) is 9.95. The molecule has 0 spiro atoms. The van der Waals surface area contributed by atoms with Crippen LogP contribution in [0.3, 0.4) is 0 Å². The van der Waals surface area contributed by atoms with Crippen LogP contribution in [0.2, 0.25) is 0 Å². The van der Waals surface area contributed by atoms with Gasteiger partial charge in [-0.25, -0.2) is 0 Å². The van der Waals surface area contributed by atoms with Crippen LogP contribution in [0.25, 0.3) is 0 Å². The summed E-state index contributed by atoms with van der Waals surface area (Å²) in [5.74, 6) is 0. The first-order valence-corrected chi connectivity index (χ1v) is 8.06. The summed E-state index contributed by atoms with van der Waals surface area (Å²) in [7, 11) is 0. The second-order valence-electron chi connectivity index (χ2n) is 5.19. The number of aryl methyl sites for hydroxylation is 2. The highest BCUT2D eigenvalue weighted by molar-refractivity contribution is 9.10. The molecule has 0 unspecified atom stereocenters. The molecule has 4 heteroatoms. The molecule has 0 aliphatic rings. The van der Waals surface area contributed by atoms with Crippen LogP contribution in [0.15, 0.2) is 46.9 Å². The van der Waals surface area contributed by atoms with Crippen molar-refractivity contribution in [3.05, 3.63) is 63.6 Å². The molecule has 21 heavy (non-hydrogen) atoms. The van der Waals surface area contributed by atoms with E-state index in [9.17, 15) is 0 Å². The third kappa shape index (κ3) is 4.55. The fourth-order valence-corrected chi connectivity index (χ4v) is 2.76. The van der Waals surface area contributed by atoms with Crippen molar-refractivity contribution in [1.82, 2.24) is 5.32 Å². The van der Waals surface area contributed by atoms with Crippen LogP contribution in [-0.4, -0.2) is 5.11 Å². The van der Waals surface area contributed by atoms with E-state index in [1.807, 2.05) is 24.3 Å². The Balaban J connectivity index is 2.01. The van der Waals surface area contributed by atoms with Crippen molar-refractivity contribution in [1.29, 1.82) is 0 Å². The molecule has 0 radical (unpaired) electrons. The summed E-state index contributed by atoms with van der Waals surface area (Å²) in [6.45, 7) is 6.35. The zero-order chi connectivity index (χ0) is 15.4. The summed E-state index contributed by atoms with van der Waals surface area (Å²) in [5, 5.41) is 7.17. The van der Waals surface area contributed by atoms with Crippen LogP contribution in [0.5, 0.6) is 0 Å². The molecule has 0 aromatic heterocycles. The summed E-state index contributed by atoms with van der Waals surface area (Å²) in [6.07, 6.45) is 0. The number of nitrogens with one attached hydrogen (secondary N) is 2. The lowest BCUT2D eigenvalue weighted by Gasteiger charge is -2.19. The third-order valence-corrected chi connectivity index (χ3v) is 4.10. The molecule has 2 nitrogen and oxygen atoms in total. The van der Waals surface area contributed by atoms with Crippen LogP contribution >= 0.6 is 28.1 Å². The summed E-state index contributed by atoms with van der Waals surface area (Å²) < 4.78 is 1.05. The minimum absolute atomic E-state index is 0.167. The molecule has 0 aliphatic carbocycles. The van der Waals surface area contributed by atoms with E-state index in [1.54, 1.807) is 0 Å². The number of hydrogen-bond donors (Lipinski definition) is 2. The van der Waals surface area contributed by atoms with Gasteiger partial charge in [0.15, 0.2) is 5.11 Å². The number of hydrogen-bond acceptors (Lipinski definition) is 1. The Morgan fingerprint density at radius 2 is 1.76 bits per heavy atom. The minimum Gasteiger partial charge on any atom is -0.356 e. The van der Waals surface area contributed by atoms with Crippen molar-refractivity contribution >= 4 is 38.9 Å². The van der Waals surface area contributed by atoms with E-state index < -0.39 is 0 Å². The van der Waals surface area contributed by atoms with Crippen molar-refractivity contribution in [2.45, 2.75) is 26.8 Å². The normalized spacial score (nSPS) is 11.8. The predicted molar refractivity (Wildman–Crippen MR) is 97.8 cm³/mol. The molecule has 0 aliphatic heterocycles. The number of halogens is 1. The molecule has 110 valence electrons. The highest BCUT2D eigenvalue weighted by Crippen LogP contribution is 2.19. The van der Waals surface area contributed by atoms with Crippen molar-refractivity contribution in [2.24, 2.45) is 0 Å². The van der Waals surface area contributed by atoms with E-state index in [4.69, 9.17) is 12.2 Å². The van der Waals surface area contributed by atoms with Crippen LogP contribution in [0, 0.1) is 13.8 Å². The van der Waals surface area contributed by atoms with Crippen LogP contribution in [0.1, 0.15) is 29.7 Å². The summed E-state index contributed by atoms with van der Waals surface area (Å²) in [5.41, 5.74) is 4.78. The second-order valence-corrected chi connectivity index (χ2v) is 6.51. The Bertz CT molecular complexity index is 638. The van der Waals surface area contributed by atoms with Crippen molar-refractivity contribution in [2.75, 3.05) is 5.32 Å². The zero-order valence-electron chi connectivity index (χ0n) is 12.4. The van der Waals surface area contributed by atoms with Gasteiger partial charge in [-0.2, -0.15) is 0 Å². The van der Waals surface area contributed by atoms with E-state index >= 15 is 0 Å². The topological polar surface area (TPSA) is 24.1 Å². The third-order valence-electron chi connectivity index (χ3n) is 3.35.